The molecule has 1 atom stereocenters. The summed E-state index contributed by atoms with van der Waals surface area (Å²) in [4.78, 5) is 27.6. The van der Waals surface area contributed by atoms with Crippen molar-refractivity contribution in [1.29, 1.82) is 0 Å². The predicted octanol–water partition coefficient (Wildman–Crippen LogP) is 2.71. The number of hydrogen-bond acceptors (Lipinski definition) is 3. The first-order valence-electron chi connectivity index (χ1n) is 7.91. The van der Waals surface area contributed by atoms with Gasteiger partial charge in [-0.25, -0.2) is 0 Å². The number of thiophene rings is 1. The van der Waals surface area contributed by atoms with Crippen molar-refractivity contribution in [3.63, 3.8) is 0 Å². The number of carbonyl (C=O) groups excluding carboxylic acids is 2. The van der Waals surface area contributed by atoms with Crippen LogP contribution in [0.4, 0.5) is 0 Å². The molecule has 23 heavy (non-hydrogen) atoms. The second-order valence-electron chi connectivity index (χ2n) is 5.73. The maximum Gasteiger partial charge on any atom is 0.262 e. The Morgan fingerprint density at radius 1 is 1.09 bits per heavy atom. The first-order valence-corrected chi connectivity index (χ1v) is 8.79. The lowest BCUT2D eigenvalue weighted by molar-refractivity contribution is -0.132. The molecule has 1 aromatic carbocycles. The normalized spacial score (nSPS) is 15.4. The van der Waals surface area contributed by atoms with Crippen LogP contribution in [0, 0.1) is 0 Å². The first-order chi connectivity index (χ1) is 11.2. The van der Waals surface area contributed by atoms with Crippen LogP contribution in [-0.4, -0.2) is 35.8 Å². The molecular formula is C18H20N2O2S. The van der Waals surface area contributed by atoms with E-state index < -0.39 is 6.04 Å². The molecule has 2 heterocycles. The molecule has 120 valence electrons. The van der Waals surface area contributed by atoms with Crippen molar-refractivity contribution in [1.82, 2.24) is 10.2 Å². The summed E-state index contributed by atoms with van der Waals surface area (Å²) in [5, 5.41) is 4.79. The van der Waals surface area contributed by atoms with Crippen molar-refractivity contribution in [3.05, 3.63) is 58.3 Å². The van der Waals surface area contributed by atoms with Gasteiger partial charge in [0.15, 0.2) is 0 Å². The maximum absolute atomic E-state index is 12.8. The van der Waals surface area contributed by atoms with Gasteiger partial charge in [0, 0.05) is 19.5 Å². The fourth-order valence-corrected chi connectivity index (χ4v) is 3.47. The van der Waals surface area contributed by atoms with Gasteiger partial charge < -0.3 is 10.2 Å². The molecule has 0 aliphatic carbocycles. The van der Waals surface area contributed by atoms with E-state index in [9.17, 15) is 9.59 Å². The van der Waals surface area contributed by atoms with Crippen molar-refractivity contribution < 1.29 is 9.59 Å². The Bertz CT molecular complexity index is 649. The summed E-state index contributed by atoms with van der Waals surface area (Å²) >= 11 is 1.39. The number of carbonyl (C=O) groups is 2. The van der Waals surface area contributed by atoms with Crippen molar-refractivity contribution in [3.8, 4) is 0 Å². The van der Waals surface area contributed by atoms with E-state index in [1.807, 2.05) is 46.7 Å². The van der Waals surface area contributed by atoms with Gasteiger partial charge in [0.1, 0.15) is 6.04 Å². The third kappa shape index (κ3) is 3.99. The van der Waals surface area contributed by atoms with Gasteiger partial charge >= 0.3 is 0 Å². The zero-order chi connectivity index (χ0) is 16.1. The van der Waals surface area contributed by atoms with Crippen LogP contribution < -0.4 is 5.32 Å². The molecule has 1 aliphatic rings. The van der Waals surface area contributed by atoms with Gasteiger partial charge in [-0.3, -0.25) is 9.59 Å². The van der Waals surface area contributed by atoms with Crippen molar-refractivity contribution in [2.24, 2.45) is 0 Å². The minimum Gasteiger partial charge on any atom is -0.341 e. The van der Waals surface area contributed by atoms with Gasteiger partial charge in [-0.1, -0.05) is 36.4 Å². The number of nitrogens with one attached hydrogen (secondary N) is 1. The predicted molar refractivity (Wildman–Crippen MR) is 91.5 cm³/mol. The Hall–Kier alpha value is -2.14. The Morgan fingerprint density at radius 3 is 2.48 bits per heavy atom. The molecule has 0 saturated carbocycles. The Kier molecular flexibility index (Phi) is 5.08. The van der Waals surface area contributed by atoms with E-state index in [-0.39, 0.29) is 11.8 Å². The highest BCUT2D eigenvalue weighted by Crippen LogP contribution is 2.14. The fourth-order valence-electron chi connectivity index (χ4n) is 2.84. The summed E-state index contributed by atoms with van der Waals surface area (Å²) < 4.78 is 0. The van der Waals surface area contributed by atoms with E-state index in [1.54, 1.807) is 6.07 Å². The number of hydrogen-bond donors (Lipinski definition) is 1. The van der Waals surface area contributed by atoms with Crippen molar-refractivity contribution in [2.75, 3.05) is 13.1 Å². The molecule has 1 fully saturated rings. The Labute approximate surface area is 140 Å². The van der Waals surface area contributed by atoms with E-state index in [2.05, 4.69) is 5.32 Å². The summed E-state index contributed by atoms with van der Waals surface area (Å²) in [6.07, 6.45) is 2.61. The summed E-state index contributed by atoms with van der Waals surface area (Å²) in [6, 6.07) is 12.9. The smallest absolute Gasteiger partial charge is 0.262 e. The zero-order valence-electron chi connectivity index (χ0n) is 12.9. The van der Waals surface area contributed by atoms with Gasteiger partial charge in [0.25, 0.3) is 5.91 Å². The molecule has 1 N–H and O–H groups in total. The molecule has 1 aliphatic heterocycles. The quantitative estimate of drug-likeness (QED) is 0.917. The number of benzene rings is 1. The summed E-state index contributed by atoms with van der Waals surface area (Å²) in [5.74, 6) is -0.148. The Balaban J connectivity index is 1.74. The summed E-state index contributed by atoms with van der Waals surface area (Å²) in [6.45, 7) is 1.58. The number of rotatable bonds is 5. The van der Waals surface area contributed by atoms with Gasteiger partial charge in [-0.05, 0) is 29.9 Å². The van der Waals surface area contributed by atoms with E-state index in [4.69, 9.17) is 0 Å². The van der Waals surface area contributed by atoms with Crippen molar-refractivity contribution >= 4 is 23.2 Å². The topological polar surface area (TPSA) is 49.4 Å². The average molecular weight is 328 g/mol. The molecule has 1 aromatic heterocycles. The van der Waals surface area contributed by atoms with Gasteiger partial charge in [-0.2, -0.15) is 0 Å². The number of amides is 2. The van der Waals surface area contributed by atoms with Crippen LogP contribution in [0.5, 0.6) is 0 Å². The van der Waals surface area contributed by atoms with Crippen LogP contribution in [-0.2, 0) is 11.2 Å². The SMILES string of the molecule is O=C(NC(Cc1ccccc1)C(=O)N1CCCC1)c1cccs1. The Morgan fingerprint density at radius 2 is 1.83 bits per heavy atom. The fraction of sp³-hybridized carbons (Fsp3) is 0.333. The maximum atomic E-state index is 12.8. The van der Waals surface area contributed by atoms with E-state index in [0.29, 0.717) is 11.3 Å². The van der Waals surface area contributed by atoms with Crippen molar-refractivity contribution in [2.45, 2.75) is 25.3 Å². The molecule has 2 aromatic rings. The third-order valence-electron chi connectivity index (χ3n) is 4.05. The molecule has 0 bridgehead atoms. The monoisotopic (exact) mass is 328 g/mol. The molecule has 2 amide bonds. The minimum atomic E-state index is -0.509. The lowest BCUT2D eigenvalue weighted by atomic mass is 10.0. The zero-order valence-corrected chi connectivity index (χ0v) is 13.7. The van der Waals surface area contributed by atoms with Crippen LogP contribution in [0.1, 0.15) is 28.1 Å². The average Bonchev–Trinajstić information content (AvgIpc) is 3.27. The summed E-state index contributed by atoms with van der Waals surface area (Å²) in [5.41, 5.74) is 1.05. The van der Waals surface area contributed by atoms with Crippen LogP contribution in [0.2, 0.25) is 0 Å². The molecule has 0 radical (unpaired) electrons. The highest BCUT2D eigenvalue weighted by molar-refractivity contribution is 7.12. The van der Waals surface area contributed by atoms with E-state index in [0.717, 1.165) is 31.5 Å². The highest BCUT2D eigenvalue weighted by atomic mass is 32.1. The third-order valence-corrected chi connectivity index (χ3v) is 4.92. The van der Waals surface area contributed by atoms with Crippen LogP contribution in [0.3, 0.4) is 0 Å². The second kappa shape index (κ2) is 7.42. The second-order valence-corrected chi connectivity index (χ2v) is 6.67. The molecule has 1 saturated heterocycles. The largest absolute Gasteiger partial charge is 0.341 e. The first kappa shape index (κ1) is 15.7. The molecule has 3 rings (SSSR count). The molecule has 5 heteroatoms. The minimum absolute atomic E-state index is 0.0243. The van der Waals surface area contributed by atoms with Gasteiger partial charge in [-0.15, -0.1) is 11.3 Å². The standard InChI is InChI=1S/C18H20N2O2S/c21-17(16-9-6-12-23-16)19-15(13-14-7-2-1-3-8-14)18(22)20-10-4-5-11-20/h1-3,6-9,12,15H,4-5,10-11,13H2,(H,19,21). The van der Waals surface area contributed by atoms with Crippen LogP contribution >= 0.6 is 11.3 Å². The molecule has 4 nitrogen and oxygen atoms in total. The molecule has 0 spiro atoms. The lowest BCUT2D eigenvalue weighted by Crippen LogP contribution is -2.48. The van der Waals surface area contributed by atoms with Crippen LogP contribution in [0.25, 0.3) is 0 Å². The van der Waals surface area contributed by atoms with Gasteiger partial charge in [0.2, 0.25) is 5.91 Å². The van der Waals surface area contributed by atoms with Gasteiger partial charge in [0.05, 0.1) is 4.88 Å². The van der Waals surface area contributed by atoms with E-state index >= 15 is 0 Å². The number of nitrogens with zero attached hydrogens (tertiary/aromatic N) is 1. The molecule has 1 unspecified atom stereocenters. The highest BCUT2D eigenvalue weighted by Gasteiger charge is 2.28. The molecular weight excluding hydrogens is 308 g/mol. The lowest BCUT2D eigenvalue weighted by Gasteiger charge is -2.24. The van der Waals surface area contributed by atoms with Crippen LogP contribution in [0.15, 0.2) is 47.8 Å². The summed E-state index contributed by atoms with van der Waals surface area (Å²) in [7, 11) is 0. The van der Waals surface area contributed by atoms with E-state index in [1.165, 1.54) is 11.3 Å². The number of likely N-dealkylation sites (tertiary alicyclic amines) is 1.